The fraction of sp³-hybridized carbons (Fsp3) is 0.0909. The van der Waals surface area contributed by atoms with E-state index in [0.717, 1.165) is 16.9 Å². The highest BCUT2D eigenvalue weighted by Crippen LogP contribution is 2.25. The lowest BCUT2D eigenvalue weighted by Crippen LogP contribution is -2.23. The maximum atomic E-state index is 13.2. The Morgan fingerprint density at radius 2 is 1.69 bits per heavy atom. The van der Waals surface area contributed by atoms with Crippen LogP contribution < -0.4 is 5.56 Å². The van der Waals surface area contributed by atoms with Crippen molar-refractivity contribution in [1.82, 2.24) is 14.1 Å². The van der Waals surface area contributed by atoms with Crippen LogP contribution >= 0.6 is 0 Å². The molecule has 26 heavy (non-hydrogen) atoms. The third-order valence-corrected chi connectivity index (χ3v) is 4.53. The van der Waals surface area contributed by atoms with Crippen LogP contribution in [-0.4, -0.2) is 14.1 Å². The van der Waals surface area contributed by atoms with E-state index in [1.807, 2.05) is 72.2 Å². The summed E-state index contributed by atoms with van der Waals surface area (Å²) < 4.78 is 3.53. The Balaban J connectivity index is 1.99. The first-order valence-electron chi connectivity index (χ1n) is 8.37. The van der Waals surface area contributed by atoms with E-state index in [9.17, 15) is 4.79 Å². The lowest BCUT2D eigenvalue weighted by molar-refractivity contribution is 0.744. The van der Waals surface area contributed by atoms with Crippen LogP contribution in [0, 0.1) is 19.3 Å². The molecule has 126 valence electrons. The number of fused-ring (bicyclic) bond motifs is 1. The number of benzene rings is 2. The summed E-state index contributed by atoms with van der Waals surface area (Å²) in [4.78, 5) is 17.8. The molecule has 0 saturated carbocycles. The van der Waals surface area contributed by atoms with E-state index in [0.29, 0.717) is 23.1 Å². The summed E-state index contributed by atoms with van der Waals surface area (Å²) in [6, 6.07) is 19.6. The van der Waals surface area contributed by atoms with Crippen molar-refractivity contribution in [2.45, 2.75) is 13.5 Å². The molecule has 2 aromatic carbocycles. The van der Waals surface area contributed by atoms with Gasteiger partial charge in [-0.2, -0.15) is 0 Å². The maximum absolute atomic E-state index is 13.2. The lowest BCUT2D eigenvalue weighted by Gasteiger charge is -2.09. The highest BCUT2D eigenvalue weighted by molar-refractivity contribution is 5.85. The Labute approximate surface area is 151 Å². The molecule has 0 amide bonds. The van der Waals surface area contributed by atoms with Crippen LogP contribution in [0.2, 0.25) is 0 Å². The van der Waals surface area contributed by atoms with Gasteiger partial charge in [0.2, 0.25) is 0 Å². The number of rotatable bonds is 3. The molecule has 4 aromatic rings. The molecule has 0 saturated heterocycles. The number of hydrogen-bond donors (Lipinski definition) is 0. The zero-order valence-corrected chi connectivity index (χ0v) is 14.4. The molecule has 4 rings (SSSR count). The van der Waals surface area contributed by atoms with E-state index in [-0.39, 0.29) is 5.56 Å². The fourth-order valence-corrected chi connectivity index (χ4v) is 3.28. The summed E-state index contributed by atoms with van der Waals surface area (Å²) in [7, 11) is 0. The third-order valence-electron chi connectivity index (χ3n) is 4.53. The Morgan fingerprint density at radius 1 is 1.04 bits per heavy atom. The van der Waals surface area contributed by atoms with E-state index >= 15 is 0 Å². The predicted octanol–water partition coefficient (Wildman–Crippen LogP) is 3.53. The van der Waals surface area contributed by atoms with E-state index in [1.165, 1.54) is 0 Å². The van der Waals surface area contributed by atoms with Gasteiger partial charge in [0, 0.05) is 11.4 Å². The van der Waals surface area contributed by atoms with E-state index in [4.69, 9.17) is 6.42 Å². The van der Waals surface area contributed by atoms with Gasteiger partial charge in [0.1, 0.15) is 11.0 Å². The molecule has 0 fully saturated rings. The Hall–Kier alpha value is -3.58. The average molecular weight is 339 g/mol. The molecule has 0 aliphatic rings. The van der Waals surface area contributed by atoms with Crippen molar-refractivity contribution in [3.8, 4) is 18.0 Å². The second kappa shape index (κ2) is 6.38. The average Bonchev–Trinajstić information content (AvgIpc) is 2.97. The minimum absolute atomic E-state index is 0.104. The highest BCUT2D eigenvalue weighted by Gasteiger charge is 2.19. The van der Waals surface area contributed by atoms with Gasteiger partial charge >= 0.3 is 0 Å². The summed E-state index contributed by atoms with van der Waals surface area (Å²) in [6.45, 7) is 2.39. The first-order chi connectivity index (χ1) is 12.7. The summed E-state index contributed by atoms with van der Waals surface area (Å²) in [5.74, 6) is 2.69. The summed E-state index contributed by atoms with van der Waals surface area (Å²) in [5.41, 5.74) is 4.43. The molecular weight excluding hydrogens is 322 g/mol. The molecule has 0 spiro atoms. The zero-order chi connectivity index (χ0) is 18.1. The second-order valence-corrected chi connectivity index (χ2v) is 6.14. The monoisotopic (exact) mass is 339 g/mol. The SMILES string of the molecule is C#Cc1c(C)n(-c2ccccc2)c2c(=O)n(Cc3ccccc3)cnc12. The van der Waals surface area contributed by atoms with Crippen molar-refractivity contribution >= 4 is 11.0 Å². The van der Waals surface area contributed by atoms with Crippen LogP contribution in [0.1, 0.15) is 16.8 Å². The van der Waals surface area contributed by atoms with Crippen molar-refractivity contribution in [3.63, 3.8) is 0 Å². The molecule has 0 aliphatic heterocycles. The van der Waals surface area contributed by atoms with E-state index < -0.39 is 0 Å². The van der Waals surface area contributed by atoms with Gasteiger partial charge in [-0.1, -0.05) is 54.5 Å². The molecule has 2 aromatic heterocycles. The Kier molecular flexibility index (Phi) is 3.91. The summed E-state index contributed by atoms with van der Waals surface area (Å²) >= 11 is 0. The smallest absolute Gasteiger partial charge is 0.278 e. The third kappa shape index (κ3) is 2.51. The van der Waals surface area contributed by atoms with E-state index in [2.05, 4.69) is 10.9 Å². The van der Waals surface area contributed by atoms with Crippen molar-refractivity contribution in [3.05, 3.63) is 94.2 Å². The molecule has 4 heteroatoms. The molecule has 0 radical (unpaired) electrons. The summed E-state index contributed by atoms with van der Waals surface area (Å²) in [6.07, 6.45) is 7.28. The van der Waals surface area contributed by atoms with Gasteiger partial charge in [0.05, 0.1) is 18.4 Å². The van der Waals surface area contributed by atoms with Crippen molar-refractivity contribution in [1.29, 1.82) is 0 Å². The number of terminal acetylenes is 1. The zero-order valence-electron chi connectivity index (χ0n) is 14.4. The minimum Gasteiger partial charge on any atom is -0.306 e. The lowest BCUT2D eigenvalue weighted by atomic mass is 10.2. The van der Waals surface area contributed by atoms with Crippen molar-refractivity contribution in [2.24, 2.45) is 0 Å². The fourth-order valence-electron chi connectivity index (χ4n) is 3.28. The second-order valence-electron chi connectivity index (χ2n) is 6.14. The minimum atomic E-state index is -0.104. The predicted molar refractivity (Wildman–Crippen MR) is 104 cm³/mol. The van der Waals surface area contributed by atoms with Gasteiger partial charge in [-0.3, -0.25) is 9.36 Å². The molecule has 0 aliphatic carbocycles. The Bertz CT molecular complexity index is 1180. The van der Waals surface area contributed by atoms with Gasteiger partial charge in [0.25, 0.3) is 5.56 Å². The first kappa shape index (κ1) is 15.9. The van der Waals surface area contributed by atoms with Crippen LogP contribution in [0.3, 0.4) is 0 Å². The van der Waals surface area contributed by atoms with E-state index in [1.54, 1.807) is 10.9 Å². The normalized spacial score (nSPS) is 10.8. The molecule has 2 heterocycles. The first-order valence-corrected chi connectivity index (χ1v) is 8.37. The Morgan fingerprint density at radius 3 is 2.35 bits per heavy atom. The van der Waals surface area contributed by atoms with Gasteiger partial charge < -0.3 is 4.57 Å². The molecule has 0 unspecified atom stereocenters. The maximum Gasteiger partial charge on any atom is 0.278 e. The summed E-state index contributed by atoms with van der Waals surface area (Å²) in [5, 5.41) is 0. The number of hydrogen-bond acceptors (Lipinski definition) is 2. The van der Waals surface area contributed by atoms with Crippen LogP contribution in [0.5, 0.6) is 0 Å². The standard InChI is InChI=1S/C22H17N3O/c1-3-19-16(2)25(18-12-8-5-9-13-18)21-20(19)23-15-24(22(21)26)14-17-10-6-4-7-11-17/h1,4-13,15H,14H2,2H3. The molecular formula is C22H17N3O. The molecule has 0 bridgehead atoms. The largest absolute Gasteiger partial charge is 0.306 e. The molecule has 0 atom stereocenters. The molecule has 0 N–H and O–H groups in total. The van der Waals surface area contributed by atoms with Crippen LogP contribution in [0.15, 0.2) is 71.8 Å². The topological polar surface area (TPSA) is 39.8 Å². The van der Waals surface area contributed by atoms with Gasteiger partial charge in [-0.05, 0) is 24.6 Å². The quantitative estimate of drug-likeness (QED) is 0.536. The van der Waals surface area contributed by atoms with Crippen LogP contribution in [0.4, 0.5) is 0 Å². The van der Waals surface area contributed by atoms with Crippen molar-refractivity contribution < 1.29 is 0 Å². The highest BCUT2D eigenvalue weighted by atomic mass is 16.1. The van der Waals surface area contributed by atoms with Gasteiger partial charge in [-0.25, -0.2) is 4.98 Å². The van der Waals surface area contributed by atoms with Gasteiger partial charge in [-0.15, -0.1) is 6.42 Å². The van der Waals surface area contributed by atoms with Crippen molar-refractivity contribution in [2.75, 3.05) is 0 Å². The van der Waals surface area contributed by atoms with Crippen LogP contribution in [-0.2, 0) is 6.54 Å². The van der Waals surface area contributed by atoms with Gasteiger partial charge in [0.15, 0.2) is 0 Å². The molecule has 4 nitrogen and oxygen atoms in total. The number of aromatic nitrogens is 3. The van der Waals surface area contributed by atoms with Crippen LogP contribution in [0.25, 0.3) is 16.7 Å². The number of para-hydroxylation sites is 1. The number of nitrogens with zero attached hydrogens (tertiary/aromatic N) is 3.